The largest absolute Gasteiger partial charge is 0.463 e. The number of benzene rings is 1. The van der Waals surface area contributed by atoms with E-state index < -0.39 is 0 Å². The van der Waals surface area contributed by atoms with Crippen LogP contribution in [0.5, 0.6) is 6.01 Å². The zero-order valence-electron chi connectivity index (χ0n) is 12.6. The Morgan fingerprint density at radius 1 is 1.14 bits per heavy atom. The van der Waals surface area contributed by atoms with Gasteiger partial charge in [-0.05, 0) is 43.7 Å². The van der Waals surface area contributed by atoms with E-state index in [1.807, 2.05) is 19.1 Å². The molecule has 2 rings (SSSR count). The Balaban J connectivity index is 2.24. The highest BCUT2D eigenvalue weighted by atomic mass is 32.2. The lowest BCUT2D eigenvalue weighted by Crippen LogP contribution is -2.07. The molecule has 0 saturated heterocycles. The van der Waals surface area contributed by atoms with Gasteiger partial charge >= 0.3 is 6.01 Å². The van der Waals surface area contributed by atoms with Crippen molar-refractivity contribution in [1.29, 1.82) is 0 Å². The van der Waals surface area contributed by atoms with Crippen LogP contribution in [0.1, 0.15) is 25.8 Å². The molecule has 6 heteroatoms. The van der Waals surface area contributed by atoms with E-state index in [1.165, 1.54) is 17.3 Å². The lowest BCUT2D eigenvalue weighted by molar-refractivity contribution is 0.288. The predicted octanol–water partition coefficient (Wildman–Crippen LogP) is 3.55. The molecule has 0 amide bonds. The molecule has 0 unspecified atom stereocenters. The van der Waals surface area contributed by atoms with Crippen molar-refractivity contribution >= 4 is 17.7 Å². The molecule has 0 spiro atoms. The van der Waals surface area contributed by atoms with Gasteiger partial charge in [-0.25, -0.2) is 0 Å². The number of rotatable bonds is 7. The highest BCUT2D eigenvalue weighted by Gasteiger charge is 2.09. The molecule has 1 heterocycles. The van der Waals surface area contributed by atoms with Crippen LogP contribution in [0.2, 0.25) is 0 Å². The molecule has 0 bridgehead atoms. The van der Waals surface area contributed by atoms with Gasteiger partial charge in [0.05, 0.1) is 6.61 Å². The van der Waals surface area contributed by atoms with Gasteiger partial charge in [-0.15, -0.1) is 0 Å². The summed E-state index contributed by atoms with van der Waals surface area (Å²) >= 11 is 1.52. The summed E-state index contributed by atoms with van der Waals surface area (Å²) in [6.45, 7) is 7.49. The molecule has 1 aromatic heterocycles. The smallest absolute Gasteiger partial charge is 0.322 e. The van der Waals surface area contributed by atoms with Gasteiger partial charge in [0, 0.05) is 11.4 Å². The van der Waals surface area contributed by atoms with Crippen molar-refractivity contribution in [3.8, 4) is 6.01 Å². The third-order valence-electron chi connectivity index (χ3n) is 2.66. The maximum atomic E-state index is 5.54. The summed E-state index contributed by atoms with van der Waals surface area (Å²) in [7, 11) is 0. The Hall–Kier alpha value is -1.82. The molecule has 5 nitrogen and oxygen atoms in total. The minimum Gasteiger partial charge on any atom is -0.463 e. The Morgan fingerprint density at radius 3 is 2.67 bits per heavy atom. The SMILES string of the molecule is CCCOc1nc(NCC)nc(Sc2ccccc2C)n1. The van der Waals surface area contributed by atoms with Crippen LogP contribution in [-0.2, 0) is 0 Å². The standard InChI is InChI=1S/C15H20N4OS/c1-4-10-20-14-17-13(16-5-2)18-15(19-14)21-12-9-7-6-8-11(12)3/h6-9H,4-5,10H2,1-3H3,(H,16,17,18,19). The summed E-state index contributed by atoms with van der Waals surface area (Å²) in [6, 6.07) is 8.54. The fourth-order valence-corrected chi connectivity index (χ4v) is 2.48. The molecular weight excluding hydrogens is 284 g/mol. The van der Waals surface area contributed by atoms with Gasteiger partial charge in [0.1, 0.15) is 0 Å². The number of anilines is 1. The van der Waals surface area contributed by atoms with Gasteiger partial charge in [-0.2, -0.15) is 15.0 Å². The van der Waals surface area contributed by atoms with Crippen molar-refractivity contribution < 1.29 is 4.74 Å². The van der Waals surface area contributed by atoms with Gasteiger partial charge in [0.25, 0.3) is 0 Å². The highest BCUT2D eigenvalue weighted by Crippen LogP contribution is 2.28. The second-order valence-corrected chi connectivity index (χ2v) is 5.48. The molecule has 0 aliphatic rings. The molecule has 21 heavy (non-hydrogen) atoms. The van der Waals surface area contributed by atoms with E-state index in [-0.39, 0.29) is 0 Å². The fourth-order valence-electron chi connectivity index (χ4n) is 1.65. The van der Waals surface area contributed by atoms with Gasteiger partial charge in [-0.1, -0.05) is 25.1 Å². The Labute approximate surface area is 129 Å². The first-order chi connectivity index (χ1) is 10.2. The maximum Gasteiger partial charge on any atom is 0.322 e. The molecule has 0 aliphatic heterocycles. The highest BCUT2D eigenvalue weighted by molar-refractivity contribution is 7.99. The van der Waals surface area contributed by atoms with Crippen LogP contribution < -0.4 is 10.1 Å². The lowest BCUT2D eigenvalue weighted by atomic mass is 10.2. The van der Waals surface area contributed by atoms with Gasteiger partial charge in [0.15, 0.2) is 0 Å². The first kappa shape index (κ1) is 15.6. The van der Waals surface area contributed by atoms with Crippen LogP contribution in [0.25, 0.3) is 0 Å². The number of aromatic nitrogens is 3. The van der Waals surface area contributed by atoms with Gasteiger partial charge < -0.3 is 10.1 Å². The van der Waals surface area contributed by atoms with Crippen LogP contribution in [-0.4, -0.2) is 28.1 Å². The van der Waals surface area contributed by atoms with E-state index in [0.717, 1.165) is 17.9 Å². The predicted molar refractivity (Wildman–Crippen MR) is 85.1 cm³/mol. The normalized spacial score (nSPS) is 10.4. The first-order valence-corrected chi connectivity index (χ1v) is 7.90. The summed E-state index contributed by atoms with van der Waals surface area (Å²) in [6.07, 6.45) is 0.919. The number of hydrogen-bond acceptors (Lipinski definition) is 6. The van der Waals surface area contributed by atoms with E-state index in [9.17, 15) is 0 Å². The van der Waals surface area contributed by atoms with E-state index in [2.05, 4.69) is 46.2 Å². The number of hydrogen-bond donors (Lipinski definition) is 1. The number of ether oxygens (including phenoxy) is 1. The fraction of sp³-hybridized carbons (Fsp3) is 0.400. The summed E-state index contributed by atoms with van der Waals surface area (Å²) in [5.41, 5.74) is 1.20. The third-order valence-corrected chi connectivity index (χ3v) is 3.70. The Morgan fingerprint density at radius 2 is 1.95 bits per heavy atom. The van der Waals surface area contributed by atoms with Crippen LogP contribution >= 0.6 is 11.8 Å². The quantitative estimate of drug-likeness (QED) is 0.844. The molecule has 1 aromatic carbocycles. The average Bonchev–Trinajstić information content (AvgIpc) is 2.48. The summed E-state index contributed by atoms with van der Waals surface area (Å²) in [5, 5.41) is 3.75. The number of aryl methyl sites for hydroxylation is 1. The van der Waals surface area contributed by atoms with Crippen molar-refractivity contribution in [2.75, 3.05) is 18.5 Å². The first-order valence-electron chi connectivity index (χ1n) is 7.09. The van der Waals surface area contributed by atoms with Gasteiger partial charge in [0.2, 0.25) is 11.1 Å². The van der Waals surface area contributed by atoms with Crippen molar-refractivity contribution in [3.63, 3.8) is 0 Å². The maximum absolute atomic E-state index is 5.54. The monoisotopic (exact) mass is 304 g/mol. The summed E-state index contributed by atoms with van der Waals surface area (Å²) in [4.78, 5) is 14.2. The van der Waals surface area contributed by atoms with Crippen LogP contribution in [0.4, 0.5) is 5.95 Å². The molecular formula is C15H20N4OS. The van der Waals surface area contributed by atoms with Crippen molar-refractivity contribution in [2.24, 2.45) is 0 Å². The minimum absolute atomic E-state index is 0.374. The van der Waals surface area contributed by atoms with Crippen molar-refractivity contribution in [1.82, 2.24) is 15.0 Å². The molecule has 0 radical (unpaired) electrons. The zero-order chi connectivity index (χ0) is 15.1. The second kappa shape index (κ2) is 7.83. The number of nitrogens with zero attached hydrogens (tertiary/aromatic N) is 3. The number of nitrogens with one attached hydrogen (secondary N) is 1. The molecule has 112 valence electrons. The topological polar surface area (TPSA) is 59.9 Å². The molecule has 1 N–H and O–H groups in total. The van der Waals surface area contributed by atoms with Crippen LogP contribution in [0.15, 0.2) is 34.3 Å². The molecule has 0 atom stereocenters. The van der Waals surface area contributed by atoms with Gasteiger partial charge in [-0.3, -0.25) is 0 Å². The van der Waals surface area contributed by atoms with Crippen LogP contribution in [0.3, 0.4) is 0 Å². The van der Waals surface area contributed by atoms with E-state index in [1.54, 1.807) is 0 Å². The molecule has 0 fully saturated rings. The summed E-state index contributed by atoms with van der Waals surface area (Å²) < 4.78 is 5.54. The van der Waals surface area contributed by atoms with E-state index in [0.29, 0.717) is 23.7 Å². The lowest BCUT2D eigenvalue weighted by Gasteiger charge is -2.09. The van der Waals surface area contributed by atoms with Crippen LogP contribution in [0, 0.1) is 6.92 Å². The molecule has 0 aliphatic carbocycles. The minimum atomic E-state index is 0.374. The van der Waals surface area contributed by atoms with Crippen molar-refractivity contribution in [2.45, 2.75) is 37.2 Å². The third kappa shape index (κ3) is 4.60. The Bertz CT molecular complexity index is 592. The average molecular weight is 304 g/mol. The molecule has 0 saturated carbocycles. The van der Waals surface area contributed by atoms with E-state index >= 15 is 0 Å². The van der Waals surface area contributed by atoms with Crippen molar-refractivity contribution in [3.05, 3.63) is 29.8 Å². The molecule has 2 aromatic rings. The Kier molecular flexibility index (Phi) is 5.80. The summed E-state index contributed by atoms with van der Waals surface area (Å²) in [5.74, 6) is 0.551. The zero-order valence-corrected chi connectivity index (χ0v) is 13.4. The van der Waals surface area contributed by atoms with E-state index in [4.69, 9.17) is 4.74 Å². The second-order valence-electron chi connectivity index (χ2n) is 4.47.